The van der Waals surface area contributed by atoms with Crippen molar-refractivity contribution >= 4 is 0 Å². The molecule has 0 amide bonds. The lowest BCUT2D eigenvalue weighted by molar-refractivity contribution is -0.898. The van der Waals surface area contributed by atoms with E-state index in [1.165, 1.54) is 0 Å². The predicted molar refractivity (Wildman–Crippen MR) is 47.3 cm³/mol. The summed E-state index contributed by atoms with van der Waals surface area (Å²) in [5.41, 5.74) is 1.00. The van der Waals surface area contributed by atoms with Gasteiger partial charge in [0.15, 0.2) is 0 Å². The van der Waals surface area contributed by atoms with Gasteiger partial charge in [-0.1, -0.05) is 5.16 Å². The van der Waals surface area contributed by atoms with Crippen LogP contribution in [0, 0.1) is 13.8 Å². The van der Waals surface area contributed by atoms with Crippen molar-refractivity contribution in [2.45, 2.75) is 13.5 Å². The fraction of sp³-hybridized carbons (Fsp3) is 0.556. The number of aryl methyl sites for hydroxylation is 1. The van der Waals surface area contributed by atoms with Crippen LogP contribution in [0.4, 0.5) is 0 Å². The van der Waals surface area contributed by atoms with Gasteiger partial charge < -0.3 is 9.01 Å². The van der Waals surface area contributed by atoms with Crippen LogP contribution in [0.3, 0.4) is 0 Å². The van der Waals surface area contributed by atoms with Crippen LogP contribution in [0.5, 0.6) is 0 Å². The fourth-order valence-electron chi connectivity index (χ4n) is 1.01. The first kappa shape index (κ1) is 9.26. The maximum absolute atomic E-state index is 4.97. The molecule has 3 nitrogen and oxygen atoms in total. The van der Waals surface area contributed by atoms with Gasteiger partial charge in [-0.25, -0.2) is 0 Å². The molecular formula is C9H16N2O+. The molecule has 0 saturated carbocycles. The zero-order chi connectivity index (χ0) is 9.19. The molecule has 0 bridgehead atoms. The van der Waals surface area contributed by atoms with Crippen molar-refractivity contribution in [2.24, 2.45) is 0 Å². The summed E-state index contributed by atoms with van der Waals surface area (Å²) < 4.78 is 5.81. The van der Waals surface area contributed by atoms with Gasteiger partial charge in [0.2, 0.25) is 0 Å². The molecule has 0 atom stereocenters. The minimum atomic E-state index is 0.839. The summed E-state index contributed by atoms with van der Waals surface area (Å²) in [5, 5.41) is 3.93. The Kier molecular flexibility index (Phi) is 2.52. The van der Waals surface area contributed by atoms with Gasteiger partial charge in [0.25, 0.3) is 0 Å². The molecule has 1 radical (unpaired) electrons. The van der Waals surface area contributed by atoms with E-state index in [2.05, 4.69) is 26.2 Å². The van der Waals surface area contributed by atoms with Crippen molar-refractivity contribution in [3.63, 3.8) is 0 Å². The third-order valence-corrected chi connectivity index (χ3v) is 1.87. The third kappa shape index (κ3) is 2.34. The second-order valence-electron chi connectivity index (χ2n) is 3.75. The van der Waals surface area contributed by atoms with E-state index in [1.807, 2.05) is 13.0 Å². The molecule has 0 aromatic carbocycles. The number of nitrogens with zero attached hydrogens (tertiary/aromatic N) is 2. The molecule has 0 spiro atoms. The molecule has 1 aromatic rings. The first-order valence-electron chi connectivity index (χ1n) is 4.07. The Balaban J connectivity index is 2.63. The molecule has 0 fully saturated rings. The highest BCUT2D eigenvalue weighted by Gasteiger charge is 2.15. The number of quaternary nitrogens is 1. The molecule has 1 heterocycles. The Hall–Kier alpha value is -0.830. The topological polar surface area (TPSA) is 26.0 Å². The van der Waals surface area contributed by atoms with Gasteiger partial charge in [-0.3, -0.25) is 0 Å². The van der Waals surface area contributed by atoms with Crippen molar-refractivity contribution in [3.8, 4) is 0 Å². The smallest absolute Gasteiger partial charge is 0.138 e. The van der Waals surface area contributed by atoms with Gasteiger partial charge in [0, 0.05) is 13.0 Å². The average Bonchev–Trinajstić information content (AvgIpc) is 2.35. The molecule has 12 heavy (non-hydrogen) atoms. The van der Waals surface area contributed by atoms with Crippen LogP contribution in [0.2, 0.25) is 0 Å². The SMILES string of the molecule is [CH2]C[N+](C)(C)Cc1cc(C)on1. The Labute approximate surface area is 73.6 Å². The van der Waals surface area contributed by atoms with E-state index in [4.69, 9.17) is 4.52 Å². The molecule has 0 aliphatic carbocycles. The summed E-state index contributed by atoms with van der Waals surface area (Å²) in [6.45, 7) is 7.51. The monoisotopic (exact) mass is 168 g/mol. The van der Waals surface area contributed by atoms with Gasteiger partial charge >= 0.3 is 0 Å². The van der Waals surface area contributed by atoms with Gasteiger partial charge in [0.1, 0.15) is 18.0 Å². The molecule has 0 saturated heterocycles. The lowest BCUT2D eigenvalue weighted by Gasteiger charge is -2.26. The summed E-state index contributed by atoms with van der Waals surface area (Å²) in [6, 6.07) is 1.97. The normalized spacial score (nSPS) is 12.0. The largest absolute Gasteiger partial charge is 0.361 e. The van der Waals surface area contributed by atoms with Gasteiger partial charge in [-0.2, -0.15) is 0 Å². The van der Waals surface area contributed by atoms with E-state index in [1.54, 1.807) is 0 Å². The van der Waals surface area contributed by atoms with Crippen LogP contribution in [0.25, 0.3) is 0 Å². The molecule has 0 unspecified atom stereocenters. The van der Waals surface area contributed by atoms with Crippen molar-refractivity contribution in [3.05, 3.63) is 24.4 Å². The highest BCUT2D eigenvalue weighted by atomic mass is 16.5. The quantitative estimate of drug-likeness (QED) is 0.637. The average molecular weight is 168 g/mol. The van der Waals surface area contributed by atoms with Gasteiger partial charge in [-0.05, 0) is 6.92 Å². The minimum absolute atomic E-state index is 0.839. The molecule has 0 aliphatic heterocycles. The van der Waals surface area contributed by atoms with E-state index in [0.29, 0.717) is 0 Å². The number of rotatable bonds is 3. The third-order valence-electron chi connectivity index (χ3n) is 1.87. The Bertz CT molecular complexity index is 253. The van der Waals surface area contributed by atoms with Gasteiger partial charge in [0.05, 0.1) is 20.6 Å². The van der Waals surface area contributed by atoms with Crippen LogP contribution in [0.1, 0.15) is 11.5 Å². The summed E-state index contributed by atoms with van der Waals surface area (Å²) in [6.07, 6.45) is 0. The highest BCUT2D eigenvalue weighted by molar-refractivity contribution is 5.01. The van der Waals surface area contributed by atoms with Crippen LogP contribution in [-0.4, -0.2) is 30.3 Å². The van der Waals surface area contributed by atoms with E-state index < -0.39 is 0 Å². The summed E-state index contributed by atoms with van der Waals surface area (Å²) in [5.74, 6) is 0.870. The second-order valence-corrected chi connectivity index (χ2v) is 3.75. The zero-order valence-electron chi connectivity index (χ0n) is 8.00. The summed E-state index contributed by atoms with van der Waals surface area (Å²) in [4.78, 5) is 0. The second kappa shape index (κ2) is 3.27. The maximum Gasteiger partial charge on any atom is 0.138 e. The lowest BCUT2D eigenvalue weighted by atomic mass is 10.3. The van der Waals surface area contributed by atoms with Crippen molar-refractivity contribution < 1.29 is 9.01 Å². The van der Waals surface area contributed by atoms with E-state index in [9.17, 15) is 0 Å². The first-order chi connectivity index (χ1) is 5.53. The lowest BCUT2D eigenvalue weighted by Crippen LogP contribution is -2.38. The van der Waals surface area contributed by atoms with Crippen molar-refractivity contribution in [2.75, 3.05) is 20.6 Å². The van der Waals surface area contributed by atoms with Crippen LogP contribution in [0.15, 0.2) is 10.6 Å². The number of hydrogen-bond acceptors (Lipinski definition) is 2. The molecule has 0 aliphatic rings. The fourth-order valence-corrected chi connectivity index (χ4v) is 1.01. The molecule has 1 aromatic heterocycles. The molecule has 0 N–H and O–H groups in total. The molecule has 67 valence electrons. The summed E-state index contributed by atoms with van der Waals surface area (Å²) in [7, 11) is 4.24. The maximum atomic E-state index is 4.97. The van der Waals surface area contributed by atoms with Crippen LogP contribution < -0.4 is 0 Å². The first-order valence-corrected chi connectivity index (χ1v) is 4.07. The van der Waals surface area contributed by atoms with Gasteiger partial charge in [-0.15, -0.1) is 0 Å². The Morgan fingerprint density at radius 1 is 1.58 bits per heavy atom. The van der Waals surface area contributed by atoms with E-state index >= 15 is 0 Å². The van der Waals surface area contributed by atoms with Crippen molar-refractivity contribution in [1.29, 1.82) is 0 Å². The van der Waals surface area contributed by atoms with Crippen LogP contribution in [-0.2, 0) is 6.54 Å². The Morgan fingerprint density at radius 2 is 2.25 bits per heavy atom. The highest BCUT2D eigenvalue weighted by Crippen LogP contribution is 2.08. The number of hydrogen-bond donors (Lipinski definition) is 0. The van der Waals surface area contributed by atoms with Crippen LogP contribution >= 0.6 is 0 Å². The molecule has 3 heteroatoms. The predicted octanol–water partition coefficient (Wildman–Crippen LogP) is 1.39. The van der Waals surface area contributed by atoms with E-state index in [0.717, 1.165) is 29.0 Å². The van der Waals surface area contributed by atoms with Crippen molar-refractivity contribution in [1.82, 2.24) is 5.16 Å². The molecular weight excluding hydrogens is 152 g/mol. The Morgan fingerprint density at radius 3 is 2.67 bits per heavy atom. The standard InChI is InChI=1S/C9H16N2O/c1-5-11(3,4)7-9-6-8(2)12-10-9/h6H,1,5,7H2,2-4H3/q+1. The van der Waals surface area contributed by atoms with E-state index in [-0.39, 0.29) is 0 Å². The molecule has 1 rings (SSSR count). The zero-order valence-corrected chi connectivity index (χ0v) is 8.00. The minimum Gasteiger partial charge on any atom is -0.361 e. The number of aromatic nitrogens is 1. The summed E-state index contributed by atoms with van der Waals surface area (Å²) >= 11 is 0.